The largest absolute Gasteiger partial charge is 0.391 e. The summed E-state index contributed by atoms with van der Waals surface area (Å²) < 4.78 is 38.8. The van der Waals surface area contributed by atoms with Crippen molar-refractivity contribution in [2.24, 2.45) is 11.8 Å². The Hall–Kier alpha value is -2.95. The highest BCUT2D eigenvalue weighted by Crippen LogP contribution is 2.41. The molecule has 3 atom stereocenters. The van der Waals surface area contributed by atoms with Gasteiger partial charge in [-0.2, -0.15) is 18.3 Å². The van der Waals surface area contributed by atoms with Gasteiger partial charge in [0.05, 0.1) is 23.9 Å². The molecule has 4 heterocycles. The van der Waals surface area contributed by atoms with Crippen LogP contribution in [0.1, 0.15) is 67.5 Å². The van der Waals surface area contributed by atoms with Crippen LogP contribution in [0.15, 0.2) is 24.4 Å². The molecular weight excluding hydrogens is 475 g/mol. The zero-order chi connectivity index (χ0) is 25.4. The van der Waals surface area contributed by atoms with E-state index in [4.69, 9.17) is 0 Å². The number of carbonyl (C=O) groups is 2. The van der Waals surface area contributed by atoms with Gasteiger partial charge in [0.15, 0.2) is 0 Å². The van der Waals surface area contributed by atoms with Gasteiger partial charge in [-0.05, 0) is 69.6 Å². The topological polar surface area (TPSA) is 111 Å². The number of nitrogens with one attached hydrogen (secondary N) is 2. The summed E-state index contributed by atoms with van der Waals surface area (Å²) >= 11 is 0. The average Bonchev–Trinajstić information content (AvgIpc) is 3.46. The maximum absolute atomic E-state index is 13.3. The van der Waals surface area contributed by atoms with Gasteiger partial charge in [-0.15, -0.1) is 0 Å². The first-order valence-corrected chi connectivity index (χ1v) is 12.5. The minimum atomic E-state index is -4.16. The minimum Gasteiger partial charge on any atom is -0.390 e. The predicted octanol–water partition coefficient (Wildman–Crippen LogP) is 3.58. The molecule has 3 fully saturated rings. The number of pyridine rings is 1. The van der Waals surface area contributed by atoms with Crippen molar-refractivity contribution in [1.29, 1.82) is 0 Å². The second kappa shape index (κ2) is 9.84. The lowest BCUT2D eigenvalue weighted by atomic mass is 9.84. The van der Waals surface area contributed by atoms with Crippen molar-refractivity contribution in [3.05, 3.63) is 35.8 Å². The third-order valence-electron chi connectivity index (χ3n) is 7.96. The van der Waals surface area contributed by atoms with Crippen molar-refractivity contribution >= 4 is 11.8 Å². The van der Waals surface area contributed by atoms with Gasteiger partial charge < -0.3 is 15.3 Å². The molecule has 1 aliphatic carbocycles. The standard InChI is InChI=1S/C25H30F3N5O3/c26-25(27,28)16-1-3-17(4-2-16)30-23(35)15-10-19-5-6-20(11-15)33(19)24(36)22-12-21(31-32-22)14-7-8-29-18(9-14)13-34/h7-9,12,15-17,19-20,34H,1-6,10-11,13H2,(H,30,35)(H,31,32)/t15?,16?,17?,19-,20+. The number of H-pyrrole nitrogens is 1. The highest BCUT2D eigenvalue weighted by molar-refractivity contribution is 5.94. The average molecular weight is 506 g/mol. The SMILES string of the molecule is O=C(NC1CCC(C(F)(F)F)CC1)C1C[C@H]2CC[C@@H](C1)N2C(=O)c1cc(-c2ccnc(CO)c2)n[nH]1. The van der Waals surface area contributed by atoms with Gasteiger partial charge in [0.1, 0.15) is 5.69 Å². The number of aliphatic hydroxyl groups excluding tert-OH is 1. The Kier molecular flexibility index (Phi) is 6.76. The van der Waals surface area contributed by atoms with Crippen molar-refractivity contribution in [2.75, 3.05) is 0 Å². The molecule has 11 heteroatoms. The number of rotatable bonds is 5. The van der Waals surface area contributed by atoms with Crippen LogP contribution in [0.2, 0.25) is 0 Å². The summed E-state index contributed by atoms with van der Waals surface area (Å²) in [6.07, 6.45) is 0.968. The van der Waals surface area contributed by atoms with Crippen LogP contribution in [0.5, 0.6) is 0 Å². The summed E-state index contributed by atoms with van der Waals surface area (Å²) in [4.78, 5) is 32.2. The van der Waals surface area contributed by atoms with Crippen LogP contribution in [0.3, 0.4) is 0 Å². The Bertz CT molecular complexity index is 1100. The fourth-order valence-corrected chi connectivity index (χ4v) is 6.05. The molecule has 5 rings (SSSR count). The molecular formula is C25H30F3N5O3. The molecule has 8 nitrogen and oxygen atoms in total. The maximum atomic E-state index is 13.3. The smallest absolute Gasteiger partial charge is 0.390 e. The third kappa shape index (κ3) is 4.98. The first-order valence-electron chi connectivity index (χ1n) is 12.5. The Balaban J connectivity index is 1.19. The fourth-order valence-electron chi connectivity index (χ4n) is 6.05. The van der Waals surface area contributed by atoms with Crippen LogP contribution in [-0.2, 0) is 11.4 Å². The third-order valence-corrected chi connectivity index (χ3v) is 7.96. The first kappa shape index (κ1) is 24.7. The summed E-state index contributed by atoms with van der Waals surface area (Å²) in [6.45, 7) is -0.190. The molecule has 36 heavy (non-hydrogen) atoms. The molecule has 2 bridgehead atoms. The van der Waals surface area contributed by atoms with E-state index in [0.29, 0.717) is 42.8 Å². The molecule has 2 saturated heterocycles. The Morgan fingerprint density at radius 2 is 1.78 bits per heavy atom. The van der Waals surface area contributed by atoms with Gasteiger partial charge in [-0.25, -0.2) is 0 Å². The normalized spacial score (nSPS) is 28.2. The molecule has 3 aliphatic rings. The number of hydrogen-bond acceptors (Lipinski definition) is 5. The van der Waals surface area contributed by atoms with E-state index < -0.39 is 12.1 Å². The van der Waals surface area contributed by atoms with Gasteiger partial charge >= 0.3 is 6.18 Å². The van der Waals surface area contributed by atoms with E-state index in [9.17, 15) is 27.9 Å². The Morgan fingerprint density at radius 3 is 2.42 bits per heavy atom. The van der Waals surface area contributed by atoms with Gasteiger partial charge in [-0.1, -0.05) is 0 Å². The van der Waals surface area contributed by atoms with Crippen molar-refractivity contribution in [3.8, 4) is 11.3 Å². The number of hydrogen-bond donors (Lipinski definition) is 3. The van der Waals surface area contributed by atoms with E-state index in [1.807, 2.05) is 4.90 Å². The molecule has 0 aromatic carbocycles. The van der Waals surface area contributed by atoms with E-state index in [1.165, 1.54) is 0 Å². The number of fused-ring (bicyclic) bond motifs is 2. The lowest BCUT2D eigenvalue weighted by molar-refractivity contribution is -0.182. The molecule has 194 valence electrons. The van der Waals surface area contributed by atoms with E-state index in [-0.39, 0.29) is 55.3 Å². The van der Waals surface area contributed by atoms with Crippen molar-refractivity contribution in [3.63, 3.8) is 0 Å². The molecule has 2 aromatic heterocycles. The molecule has 2 aromatic rings. The highest BCUT2D eigenvalue weighted by atomic mass is 19.4. The van der Waals surface area contributed by atoms with Crippen LogP contribution in [0, 0.1) is 11.8 Å². The number of aliphatic hydroxyl groups is 1. The summed E-state index contributed by atoms with van der Waals surface area (Å²) in [7, 11) is 0. The van der Waals surface area contributed by atoms with Crippen molar-refractivity contribution in [2.45, 2.75) is 82.3 Å². The number of piperidine rings is 1. The Morgan fingerprint density at radius 1 is 1.08 bits per heavy atom. The van der Waals surface area contributed by atoms with Gasteiger partial charge in [-0.3, -0.25) is 19.7 Å². The zero-order valence-corrected chi connectivity index (χ0v) is 19.8. The minimum absolute atomic E-state index is 0.0540. The van der Waals surface area contributed by atoms with Crippen molar-refractivity contribution in [1.82, 2.24) is 25.4 Å². The summed E-state index contributed by atoms with van der Waals surface area (Å²) in [5.41, 5.74) is 2.20. The lowest BCUT2D eigenvalue weighted by Crippen LogP contribution is -2.51. The molecule has 3 N–H and O–H groups in total. The van der Waals surface area contributed by atoms with Gasteiger partial charge in [0.25, 0.3) is 5.91 Å². The quantitative estimate of drug-likeness (QED) is 0.575. The monoisotopic (exact) mass is 505 g/mol. The van der Waals surface area contributed by atoms with Gasteiger partial charge in [0, 0.05) is 35.8 Å². The van der Waals surface area contributed by atoms with E-state index in [0.717, 1.165) is 18.4 Å². The molecule has 2 amide bonds. The number of aromatic nitrogens is 3. The second-order valence-corrected chi connectivity index (χ2v) is 10.2. The van der Waals surface area contributed by atoms with Crippen LogP contribution >= 0.6 is 0 Å². The Labute approximate surface area is 206 Å². The summed E-state index contributed by atoms with van der Waals surface area (Å²) in [5.74, 6) is -1.76. The number of nitrogens with zero attached hydrogens (tertiary/aromatic N) is 3. The van der Waals surface area contributed by atoms with Gasteiger partial charge in [0.2, 0.25) is 5.91 Å². The molecule has 0 radical (unpaired) electrons. The first-order chi connectivity index (χ1) is 17.2. The molecule has 1 unspecified atom stereocenters. The van der Waals surface area contributed by atoms with E-state index in [1.54, 1.807) is 24.4 Å². The van der Waals surface area contributed by atoms with Crippen LogP contribution < -0.4 is 5.32 Å². The number of carbonyl (C=O) groups excluding carboxylic acids is 2. The van der Waals surface area contributed by atoms with Crippen LogP contribution in [0.4, 0.5) is 13.2 Å². The maximum Gasteiger partial charge on any atom is 0.391 e. The van der Waals surface area contributed by atoms with Crippen molar-refractivity contribution < 1.29 is 27.9 Å². The molecule has 1 saturated carbocycles. The lowest BCUT2D eigenvalue weighted by Gasteiger charge is -2.39. The zero-order valence-electron chi connectivity index (χ0n) is 19.8. The predicted molar refractivity (Wildman–Crippen MR) is 123 cm³/mol. The summed E-state index contributed by atoms with van der Waals surface area (Å²) in [6, 6.07) is 4.84. The summed E-state index contributed by atoms with van der Waals surface area (Å²) in [5, 5.41) is 19.4. The van der Waals surface area contributed by atoms with E-state index in [2.05, 4.69) is 20.5 Å². The van der Waals surface area contributed by atoms with Crippen LogP contribution in [-0.4, -0.2) is 61.3 Å². The number of alkyl halides is 3. The number of halogens is 3. The highest BCUT2D eigenvalue weighted by Gasteiger charge is 2.46. The number of amides is 2. The molecule has 0 spiro atoms. The number of aromatic amines is 1. The molecule has 2 aliphatic heterocycles. The second-order valence-electron chi connectivity index (χ2n) is 10.2. The fraction of sp³-hybridized carbons (Fsp3) is 0.600. The van der Waals surface area contributed by atoms with Crippen LogP contribution in [0.25, 0.3) is 11.3 Å². The van der Waals surface area contributed by atoms with E-state index >= 15 is 0 Å².